The number of amides is 1. The van der Waals surface area contributed by atoms with Crippen LogP contribution in [0.5, 0.6) is 0 Å². The van der Waals surface area contributed by atoms with Gasteiger partial charge >= 0.3 is 0 Å². The van der Waals surface area contributed by atoms with E-state index in [2.05, 4.69) is 20.5 Å². The van der Waals surface area contributed by atoms with E-state index in [1.54, 1.807) is 6.92 Å². The van der Waals surface area contributed by atoms with Crippen molar-refractivity contribution in [2.45, 2.75) is 38.6 Å². The number of hydrogen-bond acceptors (Lipinski definition) is 5. The molecule has 1 aromatic rings. The fraction of sp³-hybridized carbons (Fsp3) is 0.727. The molecule has 1 amide bonds. The van der Waals surface area contributed by atoms with Gasteiger partial charge in [0.1, 0.15) is 5.82 Å². The molecule has 1 saturated heterocycles. The third kappa shape index (κ3) is 3.31. The van der Waals surface area contributed by atoms with Crippen molar-refractivity contribution in [2.75, 3.05) is 11.5 Å². The monoisotopic (exact) mass is 286 g/mol. The van der Waals surface area contributed by atoms with Gasteiger partial charge in [0.2, 0.25) is 5.82 Å². The first kappa shape index (κ1) is 14.0. The van der Waals surface area contributed by atoms with E-state index in [1.807, 2.05) is 6.92 Å². The number of sulfone groups is 1. The van der Waals surface area contributed by atoms with Crippen LogP contribution in [-0.2, 0) is 16.3 Å². The molecule has 2 rings (SSSR count). The van der Waals surface area contributed by atoms with Gasteiger partial charge < -0.3 is 5.32 Å². The van der Waals surface area contributed by atoms with Crippen LogP contribution in [0.2, 0.25) is 0 Å². The number of H-pyrrole nitrogens is 1. The highest BCUT2D eigenvalue weighted by Crippen LogP contribution is 2.22. The van der Waals surface area contributed by atoms with E-state index in [0.717, 1.165) is 12.8 Å². The summed E-state index contributed by atoms with van der Waals surface area (Å²) in [6.07, 6.45) is 2.06. The number of aryl methyl sites for hydroxylation is 1. The first-order valence-electron chi connectivity index (χ1n) is 6.28. The second kappa shape index (κ2) is 4.92. The predicted molar refractivity (Wildman–Crippen MR) is 69.5 cm³/mol. The fourth-order valence-electron chi connectivity index (χ4n) is 2.18. The van der Waals surface area contributed by atoms with Crippen LogP contribution in [-0.4, -0.2) is 46.6 Å². The first-order chi connectivity index (χ1) is 8.84. The van der Waals surface area contributed by atoms with Crippen molar-refractivity contribution in [3.05, 3.63) is 11.6 Å². The number of aromatic nitrogens is 3. The number of nitrogens with one attached hydrogen (secondary N) is 2. The third-order valence-corrected chi connectivity index (χ3v) is 5.04. The molecule has 0 saturated carbocycles. The molecule has 19 heavy (non-hydrogen) atoms. The summed E-state index contributed by atoms with van der Waals surface area (Å²) in [5.41, 5.74) is -0.721. The Kier molecular flexibility index (Phi) is 3.62. The molecule has 0 aromatic carbocycles. The van der Waals surface area contributed by atoms with Gasteiger partial charge in [-0.15, -0.1) is 5.10 Å². The van der Waals surface area contributed by atoms with Crippen LogP contribution in [0.1, 0.15) is 43.1 Å². The van der Waals surface area contributed by atoms with Gasteiger partial charge in [0.15, 0.2) is 9.84 Å². The zero-order valence-corrected chi connectivity index (χ0v) is 11.9. The smallest absolute Gasteiger partial charge is 0.291 e. The first-order valence-corrected chi connectivity index (χ1v) is 8.10. The van der Waals surface area contributed by atoms with Gasteiger partial charge in [-0.1, -0.05) is 6.92 Å². The highest BCUT2D eigenvalue weighted by Gasteiger charge is 2.40. The Morgan fingerprint density at radius 3 is 2.84 bits per heavy atom. The number of hydrogen-bond donors (Lipinski definition) is 2. The molecule has 0 radical (unpaired) electrons. The third-order valence-electron chi connectivity index (χ3n) is 3.14. The van der Waals surface area contributed by atoms with E-state index in [9.17, 15) is 13.2 Å². The van der Waals surface area contributed by atoms with Crippen molar-refractivity contribution in [1.82, 2.24) is 20.5 Å². The molecule has 1 fully saturated rings. The van der Waals surface area contributed by atoms with Crippen LogP contribution < -0.4 is 5.32 Å². The molecule has 1 aliphatic heterocycles. The van der Waals surface area contributed by atoms with Gasteiger partial charge in [-0.05, 0) is 19.8 Å². The molecule has 1 aliphatic rings. The van der Waals surface area contributed by atoms with Crippen molar-refractivity contribution in [3.8, 4) is 0 Å². The molecule has 0 bridgehead atoms. The van der Waals surface area contributed by atoms with E-state index < -0.39 is 21.3 Å². The molecule has 106 valence electrons. The predicted octanol–water partition coefficient (Wildman–Crippen LogP) is 0.0642. The summed E-state index contributed by atoms with van der Waals surface area (Å²) >= 11 is 0. The molecule has 2 heterocycles. The number of carbonyl (C=O) groups is 1. The standard InChI is InChI=1S/C11H18N4O3S/c1-3-4-8-12-9(15-14-8)10(16)13-11(2)5-6-19(17,18)7-11/h3-7H2,1-2H3,(H,13,16)(H,12,14,15). The lowest BCUT2D eigenvalue weighted by atomic mass is 10.0. The van der Waals surface area contributed by atoms with Crippen LogP contribution in [0.25, 0.3) is 0 Å². The van der Waals surface area contributed by atoms with E-state index in [4.69, 9.17) is 0 Å². The summed E-state index contributed by atoms with van der Waals surface area (Å²) in [6, 6.07) is 0. The maximum atomic E-state index is 12.0. The average molecular weight is 286 g/mol. The molecule has 0 spiro atoms. The molecule has 1 atom stereocenters. The Morgan fingerprint density at radius 2 is 2.26 bits per heavy atom. The molecule has 8 heteroatoms. The zero-order valence-electron chi connectivity index (χ0n) is 11.1. The van der Waals surface area contributed by atoms with Gasteiger partial charge in [0.25, 0.3) is 5.91 Å². The second-order valence-electron chi connectivity index (χ2n) is 5.21. The van der Waals surface area contributed by atoms with Crippen LogP contribution >= 0.6 is 0 Å². The van der Waals surface area contributed by atoms with Crippen molar-refractivity contribution in [3.63, 3.8) is 0 Å². The molecule has 1 unspecified atom stereocenters. The summed E-state index contributed by atoms with van der Waals surface area (Å²) in [5.74, 6) is 0.376. The average Bonchev–Trinajstić information content (AvgIpc) is 2.84. The van der Waals surface area contributed by atoms with E-state index in [1.165, 1.54) is 0 Å². The molecular weight excluding hydrogens is 268 g/mol. The van der Waals surface area contributed by atoms with Gasteiger partial charge in [-0.3, -0.25) is 9.89 Å². The zero-order chi connectivity index (χ0) is 14.1. The van der Waals surface area contributed by atoms with E-state index >= 15 is 0 Å². The van der Waals surface area contributed by atoms with Gasteiger partial charge in [0, 0.05) is 6.42 Å². The largest absolute Gasteiger partial charge is 0.343 e. The Morgan fingerprint density at radius 1 is 1.53 bits per heavy atom. The van der Waals surface area contributed by atoms with Crippen molar-refractivity contribution in [2.24, 2.45) is 0 Å². The Hall–Kier alpha value is -1.44. The second-order valence-corrected chi connectivity index (χ2v) is 7.40. The lowest BCUT2D eigenvalue weighted by Crippen LogP contribution is -2.47. The number of rotatable bonds is 4. The summed E-state index contributed by atoms with van der Waals surface area (Å²) in [4.78, 5) is 16.1. The summed E-state index contributed by atoms with van der Waals surface area (Å²) in [6.45, 7) is 3.74. The minimum atomic E-state index is -3.05. The van der Waals surface area contributed by atoms with Crippen molar-refractivity contribution in [1.29, 1.82) is 0 Å². The Balaban J connectivity index is 2.04. The minimum absolute atomic E-state index is 0.0298. The van der Waals surface area contributed by atoms with E-state index in [-0.39, 0.29) is 17.3 Å². The van der Waals surface area contributed by atoms with Crippen LogP contribution in [0.15, 0.2) is 0 Å². The lowest BCUT2D eigenvalue weighted by molar-refractivity contribution is 0.0905. The maximum Gasteiger partial charge on any atom is 0.291 e. The van der Waals surface area contributed by atoms with Gasteiger partial charge in [-0.2, -0.15) is 0 Å². The highest BCUT2D eigenvalue weighted by molar-refractivity contribution is 7.91. The fourth-order valence-corrected chi connectivity index (χ4v) is 4.28. The quantitative estimate of drug-likeness (QED) is 0.814. The normalized spacial score (nSPS) is 25.4. The number of aromatic amines is 1. The van der Waals surface area contributed by atoms with Crippen LogP contribution in [0.4, 0.5) is 0 Å². The molecule has 7 nitrogen and oxygen atoms in total. The van der Waals surface area contributed by atoms with E-state index in [0.29, 0.717) is 12.2 Å². The summed E-state index contributed by atoms with van der Waals surface area (Å²) in [7, 11) is -3.05. The molecule has 1 aromatic heterocycles. The summed E-state index contributed by atoms with van der Waals surface area (Å²) < 4.78 is 22.9. The van der Waals surface area contributed by atoms with Gasteiger partial charge in [-0.25, -0.2) is 13.4 Å². The number of carbonyl (C=O) groups excluding carboxylic acids is 1. The van der Waals surface area contributed by atoms with Crippen LogP contribution in [0.3, 0.4) is 0 Å². The van der Waals surface area contributed by atoms with Gasteiger partial charge in [0.05, 0.1) is 17.0 Å². The SMILES string of the molecule is CCCc1nc(C(=O)NC2(C)CCS(=O)(=O)C2)n[nH]1. The van der Waals surface area contributed by atoms with Crippen molar-refractivity contribution < 1.29 is 13.2 Å². The topological polar surface area (TPSA) is 105 Å². The highest BCUT2D eigenvalue weighted by atomic mass is 32.2. The summed E-state index contributed by atoms with van der Waals surface area (Å²) in [5, 5.41) is 9.27. The molecule has 2 N–H and O–H groups in total. The van der Waals surface area contributed by atoms with Crippen LogP contribution in [0, 0.1) is 0 Å². The van der Waals surface area contributed by atoms with Crippen molar-refractivity contribution >= 4 is 15.7 Å². The number of nitrogens with zero attached hydrogens (tertiary/aromatic N) is 2. The minimum Gasteiger partial charge on any atom is -0.343 e. The maximum absolute atomic E-state index is 12.0. The lowest BCUT2D eigenvalue weighted by Gasteiger charge is -2.22. The Labute approximate surface area is 112 Å². The molecule has 0 aliphatic carbocycles. The molecular formula is C11H18N4O3S. The Bertz CT molecular complexity index is 581.